The summed E-state index contributed by atoms with van der Waals surface area (Å²) in [5.74, 6) is 0.355. The zero-order chi connectivity index (χ0) is 15.6. The summed E-state index contributed by atoms with van der Waals surface area (Å²) in [6.07, 6.45) is 0. The lowest BCUT2D eigenvalue weighted by Crippen LogP contribution is -2.03. The molecule has 0 radical (unpaired) electrons. The van der Waals surface area contributed by atoms with Crippen molar-refractivity contribution in [3.8, 4) is 5.75 Å². The van der Waals surface area contributed by atoms with Crippen LogP contribution in [0.2, 0.25) is 15.1 Å². The van der Waals surface area contributed by atoms with Gasteiger partial charge in [0, 0.05) is 11.7 Å². The minimum atomic E-state index is -3.21. The third-order valence-electron chi connectivity index (χ3n) is 2.61. The molecule has 0 aliphatic carbocycles. The lowest BCUT2D eigenvalue weighted by molar-refractivity contribution is 0.493. The van der Waals surface area contributed by atoms with E-state index in [2.05, 4.69) is 5.09 Å². The first kappa shape index (κ1) is 16.5. The molecule has 0 bridgehead atoms. The minimum Gasteiger partial charge on any atom is -0.427 e. The molecule has 2 aromatic carbocycles. The summed E-state index contributed by atoms with van der Waals surface area (Å²) in [7, 11) is -3.21. The maximum atomic E-state index is 12.6. The monoisotopic (exact) mass is 363 g/mol. The zero-order valence-corrected chi connectivity index (χ0v) is 14.5. The highest BCUT2D eigenvalue weighted by Crippen LogP contribution is 2.47. The fourth-order valence-electron chi connectivity index (χ4n) is 1.69. The fourth-order valence-corrected chi connectivity index (χ4v) is 3.50. The highest BCUT2D eigenvalue weighted by atomic mass is 35.5. The van der Waals surface area contributed by atoms with E-state index in [1.165, 1.54) is 6.66 Å². The Balaban J connectivity index is 2.24. The van der Waals surface area contributed by atoms with Gasteiger partial charge in [-0.25, -0.2) is 0 Å². The minimum absolute atomic E-state index is 0.355. The summed E-state index contributed by atoms with van der Waals surface area (Å²) in [4.78, 5) is 0. The standard InChI is InChI=1S/C14H13Cl3NO2P/c1-9-3-5-12(17)14(7-9)20-21(2,19)18-13-8-10(15)4-6-11(13)16/h3-8H,1-2H3,(H,18,19)/t21-/m1/s1. The van der Waals surface area contributed by atoms with Crippen molar-refractivity contribution in [3.05, 3.63) is 57.0 Å². The van der Waals surface area contributed by atoms with Crippen molar-refractivity contribution in [2.75, 3.05) is 11.8 Å². The fraction of sp³-hybridized carbons (Fsp3) is 0.143. The van der Waals surface area contributed by atoms with Gasteiger partial charge in [0.15, 0.2) is 0 Å². The van der Waals surface area contributed by atoms with E-state index < -0.39 is 7.52 Å². The van der Waals surface area contributed by atoms with Crippen LogP contribution in [-0.4, -0.2) is 6.66 Å². The Morgan fingerprint density at radius 2 is 1.71 bits per heavy atom. The summed E-state index contributed by atoms with van der Waals surface area (Å²) in [6, 6.07) is 10.1. The molecule has 1 N–H and O–H groups in total. The first-order valence-corrected chi connectivity index (χ1v) is 9.24. The van der Waals surface area contributed by atoms with Gasteiger partial charge in [0.2, 0.25) is 0 Å². The smallest absolute Gasteiger partial charge is 0.338 e. The second kappa shape index (κ2) is 6.50. The zero-order valence-electron chi connectivity index (χ0n) is 11.4. The highest BCUT2D eigenvalue weighted by molar-refractivity contribution is 7.60. The molecule has 0 saturated heterocycles. The van der Waals surface area contributed by atoms with Crippen LogP contribution in [0.1, 0.15) is 5.56 Å². The van der Waals surface area contributed by atoms with Crippen LogP contribution in [0, 0.1) is 6.92 Å². The van der Waals surface area contributed by atoms with Crippen molar-refractivity contribution >= 4 is 48.0 Å². The van der Waals surface area contributed by atoms with E-state index in [4.69, 9.17) is 39.3 Å². The van der Waals surface area contributed by atoms with Gasteiger partial charge in [-0.3, -0.25) is 4.57 Å². The highest BCUT2D eigenvalue weighted by Gasteiger charge is 2.20. The van der Waals surface area contributed by atoms with Gasteiger partial charge in [-0.2, -0.15) is 0 Å². The van der Waals surface area contributed by atoms with E-state index in [0.717, 1.165) is 5.56 Å². The molecule has 7 heteroatoms. The predicted octanol–water partition coefficient (Wildman–Crippen LogP) is 6.27. The Labute approximate surface area is 138 Å². The average Bonchev–Trinajstić information content (AvgIpc) is 2.37. The first-order chi connectivity index (χ1) is 9.77. The normalized spacial score (nSPS) is 13.6. The number of halogens is 3. The number of hydrogen-bond donors (Lipinski definition) is 1. The van der Waals surface area contributed by atoms with E-state index in [-0.39, 0.29) is 0 Å². The molecule has 0 fully saturated rings. The number of aryl methyl sites for hydroxylation is 1. The van der Waals surface area contributed by atoms with Gasteiger partial charge in [0.1, 0.15) is 5.75 Å². The summed E-state index contributed by atoms with van der Waals surface area (Å²) in [6.45, 7) is 3.34. The summed E-state index contributed by atoms with van der Waals surface area (Å²) >= 11 is 18.0. The third kappa shape index (κ3) is 4.55. The van der Waals surface area contributed by atoms with E-state index in [0.29, 0.717) is 26.5 Å². The molecule has 0 aliphatic heterocycles. The molecular formula is C14H13Cl3NO2P. The molecule has 0 aliphatic rings. The summed E-state index contributed by atoms with van der Waals surface area (Å²) < 4.78 is 18.1. The first-order valence-electron chi connectivity index (χ1n) is 6.03. The van der Waals surface area contributed by atoms with Crippen molar-refractivity contribution < 1.29 is 9.09 Å². The molecule has 2 aromatic rings. The Morgan fingerprint density at radius 1 is 1.05 bits per heavy atom. The predicted molar refractivity (Wildman–Crippen MR) is 90.4 cm³/mol. The van der Waals surface area contributed by atoms with Gasteiger partial charge in [-0.15, -0.1) is 0 Å². The van der Waals surface area contributed by atoms with Crippen LogP contribution < -0.4 is 9.61 Å². The van der Waals surface area contributed by atoms with Crippen LogP contribution in [0.15, 0.2) is 36.4 Å². The van der Waals surface area contributed by atoms with Crippen LogP contribution in [0.5, 0.6) is 5.75 Å². The van der Waals surface area contributed by atoms with Crippen LogP contribution >= 0.6 is 42.3 Å². The Morgan fingerprint density at radius 3 is 2.43 bits per heavy atom. The topological polar surface area (TPSA) is 38.3 Å². The van der Waals surface area contributed by atoms with Crippen LogP contribution in [-0.2, 0) is 4.57 Å². The van der Waals surface area contributed by atoms with Gasteiger partial charge in [-0.05, 0) is 42.8 Å². The number of nitrogens with one attached hydrogen (secondary N) is 1. The summed E-state index contributed by atoms with van der Waals surface area (Å²) in [5, 5.41) is 4.06. The van der Waals surface area contributed by atoms with Crippen molar-refractivity contribution in [2.24, 2.45) is 0 Å². The molecule has 2 rings (SSSR count). The molecule has 3 nitrogen and oxygen atoms in total. The Bertz CT molecular complexity index is 664. The van der Waals surface area contributed by atoms with Crippen LogP contribution in [0.25, 0.3) is 0 Å². The van der Waals surface area contributed by atoms with E-state index in [1.807, 2.05) is 13.0 Å². The van der Waals surface area contributed by atoms with Gasteiger partial charge in [0.05, 0.1) is 15.7 Å². The lowest BCUT2D eigenvalue weighted by atomic mass is 10.2. The van der Waals surface area contributed by atoms with Crippen molar-refractivity contribution in [3.63, 3.8) is 0 Å². The molecular weight excluding hydrogens is 351 g/mol. The maximum Gasteiger partial charge on any atom is 0.338 e. The van der Waals surface area contributed by atoms with Gasteiger partial charge >= 0.3 is 7.52 Å². The number of rotatable bonds is 4. The molecule has 0 heterocycles. The van der Waals surface area contributed by atoms with Gasteiger partial charge in [-0.1, -0.05) is 40.9 Å². The van der Waals surface area contributed by atoms with Crippen LogP contribution in [0.3, 0.4) is 0 Å². The molecule has 0 spiro atoms. The quantitative estimate of drug-likeness (QED) is 0.650. The largest absolute Gasteiger partial charge is 0.427 e. The van der Waals surface area contributed by atoms with E-state index >= 15 is 0 Å². The molecule has 0 aromatic heterocycles. The van der Waals surface area contributed by atoms with E-state index in [9.17, 15) is 4.57 Å². The molecule has 0 saturated carbocycles. The molecule has 0 unspecified atom stereocenters. The maximum absolute atomic E-state index is 12.6. The molecule has 1 atom stereocenters. The Hall–Kier alpha value is -0.860. The van der Waals surface area contributed by atoms with Crippen molar-refractivity contribution in [1.29, 1.82) is 0 Å². The SMILES string of the molecule is Cc1ccc(Cl)c(O[P@@](C)(=O)Nc2cc(Cl)ccc2Cl)c1. The van der Waals surface area contributed by atoms with Gasteiger partial charge in [0.25, 0.3) is 0 Å². The number of hydrogen-bond acceptors (Lipinski definition) is 2. The molecule has 21 heavy (non-hydrogen) atoms. The summed E-state index contributed by atoms with van der Waals surface area (Å²) in [5.41, 5.74) is 1.40. The van der Waals surface area contributed by atoms with Crippen LogP contribution in [0.4, 0.5) is 5.69 Å². The second-order valence-corrected chi connectivity index (χ2v) is 7.96. The van der Waals surface area contributed by atoms with Crippen molar-refractivity contribution in [2.45, 2.75) is 6.92 Å². The van der Waals surface area contributed by atoms with E-state index in [1.54, 1.807) is 30.3 Å². The number of anilines is 1. The average molecular weight is 365 g/mol. The number of benzene rings is 2. The lowest BCUT2D eigenvalue weighted by Gasteiger charge is -2.19. The van der Waals surface area contributed by atoms with Gasteiger partial charge < -0.3 is 9.61 Å². The third-order valence-corrected chi connectivity index (χ3v) is 4.68. The van der Waals surface area contributed by atoms with Crippen molar-refractivity contribution in [1.82, 2.24) is 0 Å². The second-order valence-electron chi connectivity index (χ2n) is 4.61. The molecule has 0 amide bonds. The molecule has 112 valence electrons. The Kier molecular flexibility index (Phi) is 5.11.